The van der Waals surface area contributed by atoms with Crippen molar-refractivity contribution in [2.24, 2.45) is 0 Å². The monoisotopic (exact) mass is 225 g/mol. The van der Waals surface area contributed by atoms with Crippen LogP contribution in [0.2, 0.25) is 5.02 Å². The third-order valence-corrected chi connectivity index (χ3v) is 2.62. The molecule has 1 aromatic carbocycles. The SMILES string of the molecule is CNc1nsnc1-c1ccc(Cl)cc1. The number of nitrogens with one attached hydrogen (secondary N) is 1. The Labute approximate surface area is 91.1 Å². The quantitative estimate of drug-likeness (QED) is 0.854. The Kier molecular flexibility index (Phi) is 2.65. The zero-order valence-corrected chi connectivity index (χ0v) is 9.06. The molecule has 0 saturated heterocycles. The maximum absolute atomic E-state index is 5.80. The topological polar surface area (TPSA) is 37.8 Å². The van der Waals surface area contributed by atoms with Gasteiger partial charge in [-0.25, -0.2) is 0 Å². The Bertz CT molecular complexity index is 424. The van der Waals surface area contributed by atoms with E-state index in [9.17, 15) is 0 Å². The van der Waals surface area contributed by atoms with Crippen LogP contribution >= 0.6 is 23.3 Å². The van der Waals surface area contributed by atoms with E-state index in [1.165, 1.54) is 11.7 Å². The summed E-state index contributed by atoms with van der Waals surface area (Å²) in [4.78, 5) is 0. The van der Waals surface area contributed by atoms with Gasteiger partial charge in [-0.05, 0) is 12.1 Å². The zero-order chi connectivity index (χ0) is 9.97. The van der Waals surface area contributed by atoms with Gasteiger partial charge in [0.1, 0.15) is 5.69 Å². The molecule has 3 nitrogen and oxygen atoms in total. The molecule has 0 aliphatic carbocycles. The number of benzene rings is 1. The van der Waals surface area contributed by atoms with Crippen LogP contribution in [0.1, 0.15) is 0 Å². The zero-order valence-electron chi connectivity index (χ0n) is 7.49. The third kappa shape index (κ3) is 1.71. The lowest BCUT2D eigenvalue weighted by Crippen LogP contribution is -1.90. The highest BCUT2D eigenvalue weighted by Gasteiger charge is 2.07. The summed E-state index contributed by atoms with van der Waals surface area (Å²) in [7, 11) is 1.83. The predicted octanol–water partition coefficient (Wildman–Crippen LogP) is 2.90. The molecule has 2 aromatic rings. The smallest absolute Gasteiger partial charge is 0.167 e. The molecule has 0 radical (unpaired) electrons. The van der Waals surface area contributed by atoms with E-state index in [-0.39, 0.29) is 0 Å². The largest absolute Gasteiger partial charge is 0.370 e. The van der Waals surface area contributed by atoms with Crippen molar-refractivity contribution in [1.82, 2.24) is 8.75 Å². The van der Waals surface area contributed by atoms with Gasteiger partial charge in [0.25, 0.3) is 0 Å². The highest BCUT2D eigenvalue weighted by atomic mass is 35.5. The van der Waals surface area contributed by atoms with Gasteiger partial charge in [-0.2, -0.15) is 8.75 Å². The summed E-state index contributed by atoms with van der Waals surface area (Å²) in [6.07, 6.45) is 0. The fourth-order valence-electron chi connectivity index (χ4n) is 1.15. The summed E-state index contributed by atoms with van der Waals surface area (Å²) in [6.45, 7) is 0. The van der Waals surface area contributed by atoms with Crippen molar-refractivity contribution in [2.75, 3.05) is 12.4 Å². The van der Waals surface area contributed by atoms with E-state index >= 15 is 0 Å². The number of aromatic nitrogens is 2. The molecule has 72 valence electrons. The molecule has 0 aliphatic heterocycles. The highest BCUT2D eigenvalue weighted by Crippen LogP contribution is 2.26. The number of halogens is 1. The fraction of sp³-hybridized carbons (Fsp3) is 0.111. The summed E-state index contributed by atoms with van der Waals surface area (Å²) in [5.41, 5.74) is 1.89. The van der Waals surface area contributed by atoms with Gasteiger partial charge in [0.15, 0.2) is 5.82 Å². The van der Waals surface area contributed by atoms with Crippen molar-refractivity contribution in [2.45, 2.75) is 0 Å². The van der Waals surface area contributed by atoms with Crippen LogP contribution in [0.25, 0.3) is 11.3 Å². The van der Waals surface area contributed by atoms with E-state index in [4.69, 9.17) is 11.6 Å². The Morgan fingerprint density at radius 1 is 1.21 bits per heavy atom. The van der Waals surface area contributed by atoms with Crippen LogP contribution in [0.15, 0.2) is 24.3 Å². The van der Waals surface area contributed by atoms with Crippen LogP contribution in [0, 0.1) is 0 Å². The molecule has 0 aliphatic rings. The minimum Gasteiger partial charge on any atom is -0.370 e. The van der Waals surface area contributed by atoms with Gasteiger partial charge >= 0.3 is 0 Å². The second-order valence-electron chi connectivity index (χ2n) is 2.72. The Balaban J connectivity index is 2.44. The van der Waals surface area contributed by atoms with Crippen molar-refractivity contribution in [3.63, 3.8) is 0 Å². The number of anilines is 1. The van der Waals surface area contributed by atoms with E-state index in [1.54, 1.807) is 0 Å². The van der Waals surface area contributed by atoms with Crippen LogP contribution in [0.4, 0.5) is 5.82 Å². The molecular formula is C9H8ClN3S. The van der Waals surface area contributed by atoms with E-state index in [1.807, 2.05) is 31.3 Å². The van der Waals surface area contributed by atoms with Gasteiger partial charge in [-0.3, -0.25) is 0 Å². The number of rotatable bonds is 2. The highest BCUT2D eigenvalue weighted by molar-refractivity contribution is 6.99. The normalized spacial score (nSPS) is 10.1. The summed E-state index contributed by atoms with van der Waals surface area (Å²) in [6, 6.07) is 7.55. The van der Waals surface area contributed by atoms with Crippen molar-refractivity contribution >= 4 is 29.1 Å². The summed E-state index contributed by atoms with van der Waals surface area (Å²) >= 11 is 6.99. The van der Waals surface area contributed by atoms with Gasteiger partial charge in [-0.1, -0.05) is 23.7 Å². The van der Waals surface area contributed by atoms with Crippen molar-refractivity contribution < 1.29 is 0 Å². The van der Waals surface area contributed by atoms with E-state index in [0.717, 1.165) is 22.1 Å². The Morgan fingerprint density at radius 2 is 1.93 bits per heavy atom. The van der Waals surface area contributed by atoms with E-state index < -0.39 is 0 Å². The molecule has 0 saturated carbocycles. The first-order chi connectivity index (χ1) is 6.81. The van der Waals surface area contributed by atoms with E-state index in [0.29, 0.717) is 0 Å². The maximum atomic E-state index is 5.80. The van der Waals surface area contributed by atoms with Crippen LogP contribution in [0.3, 0.4) is 0 Å². The van der Waals surface area contributed by atoms with Crippen molar-refractivity contribution in [1.29, 1.82) is 0 Å². The average Bonchev–Trinajstić information content (AvgIpc) is 2.67. The summed E-state index contributed by atoms with van der Waals surface area (Å²) < 4.78 is 8.33. The molecule has 0 atom stereocenters. The molecule has 0 amide bonds. The maximum Gasteiger partial charge on any atom is 0.167 e. The molecule has 1 aromatic heterocycles. The van der Waals surface area contributed by atoms with Crippen LogP contribution in [0.5, 0.6) is 0 Å². The molecule has 1 N–H and O–H groups in total. The predicted molar refractivity (Wildman–Crippen MR) is 59.9 cm³/mol. The minimum atomic E-state index is 0.725. The van der Waals surface area contributed by atoms with E-state index in [2.05, 4.69) is 14.1 Å². The standard InChI is InChI=1S/C9H8ClN3S/c1-11-9-8(12-14-13-9)6-2-4-7(10)5-3-6/h2-5H,1H3,(H,11,13). The first-order valence-corrected chi connectivity index (χ1v) is 5.18. The van der Waals surface area contributed by atoms with Crippen LogP contribution in [-0.4, -0.2) is 15.8 Å². The molecule has 1 heterocycles. The lowest BCUT2D eigenvalue weighted by Gasteiger charge is -1.99. The van der Waals surface area contributed by atoms with Crippen molar-refractivity contribution in [3.8, 4) is 11.3 Å². The molecule has 5 heteroatoms. The lowest BCUT2D eigenvalue weighted by atomic mass is 10.1. The van der Waals surface area contributed by atoms with Gasteiger partial charge in [0.05, 0.1) is 11.7 Å². The molecule has 2 rings (SSSR count). The first kappa shape index (κ1) is 9.43. The van der Waals surface area contributed by atoms with Crippen LogP contribution in [-0.2, 0) is 0 Å². The fourth-order valence-corrected chi connectivity index (χ4v) is 1.85. The van der Waals surface area contributed by atoms with Gasteiger partial charge in [0, 0.05) is 17.6 Å². The number of nitrogens with zero attached hydrogens (tertiary/aromatic N) is 2. The Morgan fingerprint density at radius 3 is 2.57 bits per heavy atom. The number of hydrogen-bond acceptors (Lipinski definition) is 4. The van der Waals surface area contributed by atoms with Crippen LogP contribution < -0.4 is 5.32 Å². The molecule has 0 fully saturated rings. The second-order valence-corrected chi connectivity index (χ2v) is 3.68. The summed E-state index contributed by atoms with van der Waals surface area (Å²) in [5, 5.41) is 3.72. The molecule has 0 bridgehead atoms. The first-order valence-electron chi connectivity index (χ1n) is 4.07. The third-order valence-electron chi connectivity index (χ3n) is 1.84. The molecule has 0 spiro atoms. The van der Waals surface area contributed by atoms with Gasteiger partial charge < -0.3 is 5.32 Å². The van der Waals surface area contributed by atoms with Gasteiger partial charge in [-0.15, -0.1) is 0 Å². The molecular weight excluding hydrogens is 218 g/mol. The molecule has 14 heavy (non-hydrogen) atoms. The average molecular weight is 226 g/mol. The minimum absolute atomic E-state index is 0.725. The number of hydrogen-bond donors (Lipinski definition) is 1. The lowest BCUT2D eigenvalue weighted by molar-refractivity contribution is 1.40. The Hall–Kier alpha value is -1.13. The summed E-state index contributed by atoms with van der Waals surface area (Å²) in [5.74, 6) is 0.803. The van der Waals surface area contributed by atoms with Gasteiger partial charge in [0.2, 0.25) is 0 Å². The van der Waals surface area contributed by atoms with Crippen molar-refractivity contribution in [3.05, 3.63) is 29.3 Å². The second kappa shape index (κ2) is 3.94. The molecule has 0 unspecified atom stereocenters.